The molecule has 2 fully saturated rings. The summed E-state index contributed by atoms with van der Waals surface area (Å²) in [6, 6.07) is 19.5. The van der Waals surface area contributed by atoms with Crippen LogP contribution in [0.25, 0.3) is 10.8 Å². The number of amides is 2. The summed E-state index contributed by atoms with van der Waals surface area (Å²) in [7, 11) is 1.28. The van der Waals surface area contributed by atoms with Gasteiger partial charge in [-0.3, -0.25) is 24.2 Å². The highest BCUT2D eigenvalue weighted by Crippen LogP contribution is 2.41. The average molecular weight is 444 g/mol. The van der Waals surface area contributed by atoms with E-state index >= 15 is 0 Å². The number of esters is 1. The molecule has 3 atom stereocenters. The van der Waals surface area contributed by atoms with E-state index in [2.05, 4.69) is 0 Å². The lowest BCUT2D eigenvalue weighted by atomic mass is 9.93. The summed E-state index contributed by atoms with van der Waals surface area (Å²) >= 11 is 0. The lowest BCUT2D eigenvalue weighted by Gasteiger charge is -2.27. The highest BCUT2D eigenvalue weighted by Gasteiger charge is 2.59. The first-order valence-corrected chi connectivity index (χ1v) is 10.9. The number of aromatic hydroxyl groups is 1. The third kappa shape index (κ3) is 3.54. The molecule has 2 amide bonds. The van der Waals surface area contributed by atoms with Gasteiger partial charge in [0.05, 0.1) is 25.5 Å². The highest BCUT2D eigenvalue weighted by molar-refractivity contribution is 6.08. The number of nitrogens with zero attached hydrogens (tertiary/aromatic N) is 2. The molecule has 1 N–H and O–H groups in total. The fourth-order valence-corrected chi connectivity index (χ4v) is 5.15. The van der Waals surface area contributed by atoms with Gasteiger partial charge in [-0.25, -0.2) is 0 Å². The number of phenols is 1. The third-order valence-corrected chi connectivity index (χ3v) is 6.74. The van der Waals surface area contributed by atoms with Crippen LogP contribution in [0.5, 0.6) is 5.75 Å². The number of benzene rings is 3. The number of hydrogen-bond acceptors (Lipinski definition) is 6. The largest absolute Gasteiger partial charge is 0.508 e. The standard InChI is InChI=1S/C26H24N2O5/c1-33-26(32)23-22-20(24(30)28(25(22)31)13-16-7-3-2-4-8-16)15-27(23)14-19-18-10-6-5-9-17(18)11-12-21(19)29/h2-12,20,22-23,29H,13-15H2,1H3/t20-,22-,23-/m1/s1. The molecule has 2 aliphatic rings. The van der Waals surface area contributed by atoms with E-state index in [-0.39, 0.29) is 37.2 Å². The molecule has 0 radical (unpaired) electrons. The zero-order valence-corrected chi connectivity index (χ0v) is 18.2. The Morgan fingerprint density at radius 1 is 0.970 bits per heavy atom. The topological polar surface area (TPSA) is 87.2 Å². The van der Waals surface area contributed by atoms with Gasteiger partial charge in [0.25, 0.3) is 0 Å². The molecule has 0 saturated carbocycles. The zero-order valence-electron chi connectivity index (χ0n) is 18.2. The molecule has 3 aromatic carbocycles. The van der Waals surface area contributed by atoms with Gasteiger partial charge in [-0.05, 0) is 22.4 Å². The van der Waals surface area contributed by atoms with Crippen molar-refractivity contribution in [2.24, 2.45) is 11.8 Å². The van der Waals surface area contributed by atoms with E-state index in [0.717, 1.165) is 16.3 Å². The van der Waals surface area contributed by atoms with E-state index in [0.29, 0.717) is 5.56 Å². The van der Waals surface area contributed by atoms with E-state index in [4.69, 9.17) is 4.74 Å². The molecule has 0 aliphatic carbocycles. The Labute approximate surface area is 191 Å². The predicted molar refractivity (Wildman–Crippen MR) is 121 cm³/mol. The van der Waals surface area contributed by atoms with Crippen molar-refractivity contribution >= 4 is 28.6 Å². The van der Waals surface area contributed by atoms with Gasteiger partial charge in [-0.15, -0.1) is 0 Å². The van der Waals surface area contributed by atoms with Crippen molar-refractivity contribution in [1.29, 1.82) is 0 Å². The van der Waals surface area contributed by atoms with Gasteiger partial charge >= 0.3 is 5.97 Å². The maximum absolute atomic E-state index is 13.3. The SMILES string of the molecule is COC(=O)[C@H]1[C@@H]2C(=O)N(Cc3ccccc3)C(=O)[C@@H]2CN1Cc1c(O)ccc2ccccc12. The molecule has 7 nitrogen and oxygen atoms in total. The first kappa shape index (κ1) is 21.2. The summed E-state index contributed by atoms with van der Waals surface area (Å²) < 4.78 is 5.04. The molecular formula is C26H24N2O5. The first-order chi connectivity index (χ1) is 16.0. The van der Waals surface area contributed by atoms with Crippen LogP contribution >= 0.6 is 0 Å². The van der Waals surface area contributed by atoms with E-state index in [1.165, 1.54) is 12.0 Å². The molecule has 0 bridgehead atoms. The highest BCUT2D eigenvalue weighted by atomic mass is 16.5. The van der Waals surface area contributed by atoms with Crippen LogP contribution in [0.1, 0.15) is 11.1 Å². The lowest BCUT2D eigenvalue weighted by Crippen LogP contribution is -2.45. The summed E-state index contributed by atoms with van der Waals surface area (Å²) in [5.74, 6) is -2.49. The van der Waals surface area contributed by atoms with Crippen LogP contribution in [0, 0.1) is 11.8 Å². The smallest absolute Gasteiger partial charge is 0.323 e. The Bertz CT molecular complexity index is 1240. The second-order valence-corrected chi connectivity index (χ2v) is 8.56. The molecule has 7 heteroatoms. The average Bonchev–Trinajstić information content (AvgIpc) is 3.32. The van der Waals surface area contributed by atoms with Crippen molar-refractivity contribution in [3.05, 3.63) is 77.9 Å². The van der Waals surface area contributed by atoms with Gasteiger partial charge < -0.3 is 9.84 Å². The number of likely N-dealkylation sites (tertiary alicyclic amines) is 2. The summed E-state index contributed by atoms with van der Waals surface area (Å²) in [6.45, 7) is 0.645. The van der Waals surface area contributed by atoms with Crippen LogP contribution < -0.4 is 0 Å². The number of ether oxygens (including phenoxy) is 1. The lowest BCUT2D eigenvalue weighted by molar-refractivity contribution is -0.152. The Morgan fingerprint density at radius 2 is 1.70 bits per heavy atom. The molecule has 2 aliphatic heterocycles. The van der Waals surface area contributed by atoms with Gasteiger partial charge in [0, 0.05) is 18.7 Å². The van der Waals surface area contributed by atoms with Crippen molar-refractivity contribution in [3.8, 4) is 5.75 Å². The maximum Gasteiger partial charge on any atom is 0.323 e. The van der Waals surface area contributed by atoms with Crippen LogP contribution in [0.4, 0.5) is 0 Å². The number of carbonyl (C=O) groups excluding carboxylic acids is 3. The summed E-state index contributed by atoms with van der Waals surface area (Å²) in [5, 5.41) is 12.4. The minimum atomic E-state index is -0.893. The van der Waals surface area contributed by atoms with Crippen molar-refractivity contribution < 1.29 is 24.2 Å². The Balaban J connectivity index is 1.47. The molecule has 0 unspecified atom stereocenters. The Hall–Kier alpha value is -3.71. The third-order valence-electron chi connectivity index (χ3n) is 6.74. The van der Waals surface area contributed by atoms with Crippen molar-refractivity contribution in [2.75, 3.05) is 13.7 Å². The zero-order chi connectivity index (χ0) is 23.1. The van der Waals surface area contributed by atoms with Crippen molar-refractivity contribution in [3.63, 3.8) is 0 Å². The number of phenolic OH excluding ortho intramolecular Hbond substituents is 1. The monoisotopic (exact) mass is 444 g/mol. The Kier molecular flexibility index (Phi) is 5.34. The molecule has 2 saturated heterocycles. The number of methoxy groups -OCH3 is 1. The molecule has 2 heterocycles. The number of imide groups is 1. The summed E-state index contributed by atoms with van der Waals surface area (Å²) in [4.78, 5) is 42.4. The van der Waals surface area contributed by atoms with Crippen LogP contribution in [0.15, 0.2) is 66.7 Å². The van der Waals surface area contributed by atoms with Crippen molar-refractivity contribution in [2.45, 2.75) is 19.1 Å². The van der Waals surface area contributed by atoms with Gasteiger partial charge in [0.2, 0.25) is 11.8 Å². The quantitative estimate of drug-likeness (QED) is 0.481. The molecule has 33 heavy (non-hydrogen) atoms. The fraction of sp³-hybridized carbons (Fsp3) is 0.269. The molecule has 0 spiro atoms. The van der Waals surface area contributed by atoms with E-state index in [1.54, 1.807) is 11.0 Å². The number of hydrogen-bond donors (Lipinski definition) is 1. The van der Waals surface area contributed by atoms with Crippen LogP contribution in [-0.2, 0) is 32.2 Å². The van der Waals surface area contributed by atoms with Crippen LogP contribution in [-0.4, -0.2) is 52.4 Å². The maximum atomic E-state index is 13.3. The van der Waals surface area contributed by atoms with E-state index in [1.807, 2.05) is 60.7 Å². The normalized spacial score (nSPS) is 22.7. The fourth-order valence-electron chi connectivity index (χ4n) is 5.15. The number of rotatable bonds is 5. The van der Waals surface area contributed by atoms with E-state index < -0.39 is 23.8 Å². The van der Waals surface area contributed by atoms with Crippen molar-refractivity contribution in [1.82, 2.24) is 9.80 Å². The molecule has 5 rings (SSSR count). The Morgan fingerprint density at radius 3 is 2.45 bits per heavy atom. The molecule has 168 valence electrons. The van der Waals surface area contributed by atoms with Gasteiger partial charge in [0.15, 0.2) is 0 Å². The van der Waals surface area contributed by atoms with Gasteiger partial charge in [-0.1, -0.05) is 60.7 Å². The first-order valence-electron chi connectivity index (χ1n) is 10.9. The van der Waals surface area contributed by atoms with Crippen LogP contribution in [0.2, 0.25) is 0 Å². The minimum Gasteiger partial charge on any atom is -0.508 e. The minimum absolute atomic E-state index is 0.109. The molecular weight excluding hydrogens is 420 g/mol. The summed E-state index contributed by atoms with van der Waals surface area (Å²) in [5.41, 5.74) is 1.51. The number of carbonyl (C=O) groups is 3. The van der Waals surface area contributed by atoms with E-state index in [9.17, 15) is 19.5 Å². The van der Waals surface area contributed by atoms with Gasteiger partial charge in [-0.2, -0.15) is 0 Å². The second-order valence-electron chi connectivity index (χ2n) is 8.56. The second kappa shape index (κ2) is 8.33. The molecule has 3 aromatic rings. The van der Waals surface area contributed by atoms with Gasteiger partial charge in [0.1, 0.15) is 11.8 Å². The molecule has 0 aromatic heterocycles. The van der Waals surface area contributed by atoms with Crippen LogP contribution in [0.3, 0.4) is 0 Å². The number of fused-ring (bicyclic) bond motifs is 2. The predicted octanol–water partition coefficient (Wildman–Crippen LogP) is 2.70. The summed E-state index contributed by atoms with van der Waals surface area (Å²) in [6.07, 6.45) is 0.